The van der Waals surface area contributed by atoms with E-state index in [9.17, 15) is 0 Å². The van der Waals surface area contributed by atoms with Crippen LogP contribution in [0.15, 0.2) is 194 Å². The summed E-state index contributed by atoms with van der Waals surface area (Å²) in [7, 11) is 0. The topological polar surface area (TPSA) is 77.3 Å². The molecule has 0 spiro atoms. The fourth-order valence-corrected chi connectivity index (χ4v) is 9.13. The standard InChI is InChI=1S/C56H42N6/c1-4-16-40(17-5-1)50-57-52(61-54(59-50)46-24-22-38-14-8-10-20-44(38)36-46)42-26-30-48(31-27-42)56(34-12-3-13-35-56)49-32-28-43(29-33-49)53-58-51(41-18-6-2-7-19-41)60-55(62-53)47-25-23-39-15-9-11-21-45(39)37-47/h1-2,4-11,14-33,36-37H,3,12-13,34-35H2. The predicted octanol–water partition coefficient (Wildman–Crippen LogP) is 13.6. The molecule has 1 saturated carbocycles. The van der Waals surface area contributed by atoms with Gasteiger partial charge in [-0.05, 0) is 57.6 Å². The molecule has 62 heavy (non-hydrogen) atoms. The molecule has 6 nitrogen and oxygen atoms in total. The number of nitrogens with zero attached hydrogens (tertiary/aromatic N) is 6. The van der Waals surface area contributed by atoms with Crippen molar-refractivity contribution in [2.75, 3.05) is 0 Å². The van der Waals surface area contributed by atoms with Crippen LogP contribution in [0.25, 0.3) is 89.9 Å². The van der Waals surface area contributed by atoms with E-state index in [2.05, 4.69) is 158 Å². The molecule has 1 fully saturated rings. The highest BCUT2D eigenvalue weighted by Gasteiger charge is 2.36. The average Bonchev–Trinajstić information content (AvgIpc) is 3.36. The van der Waals surface area contributed by atoms with E-state index in [0.717, 1.165) is 57.0 Å². The third-order valence-corrected chi connectivity index (χ3v) is 12.4. The van der Waals surface area contributed by atoms with Gasteiger partial charge in [0.1, 0.15) is 0 Å². The van der Waals surface area contributed by atoms with Crippen molar-refractivity contribution in [1.82, 2.24) is 29.9 Å². The summed E-state index contributed by atoms with van der Waals surface area (Å²) in [4.78, 5) is 30.3. The van der Waals surface area contributed by atoms with Crippen molar-refractivity contribution in [2.24, 2.45) is 0 Å². The van der Waals surface area contributed by atoms with Gasteiger partial charge in [0.05, 0.1) is 0 Å². The van der Waals surface area contributed by atoms with E-state index in [4.69, 9.17) is 29.9 Å². The van der Waals surface area contributed by atoms with E-state index in [0.29, 0.717) is 34.9 Å². The summed E-state index contributed by atoms with van der Waals surface area (Å²) in [5.74, 6) is 3.95. The lowest BCUT2D eigenvalue weighted by molar-refractivity contribution is 0.346. The molecule has 296 valence electrons. The molecule has 0 aliphatic heterocycles. The normalized spacial score (nSPS) is 13.6. The van der Waals surface area contributed by atoms with Crippen molar-refractivity contribution in [3.05, 3.63) is 205 Å². The van der Waals surface area contributed by atoms with Gasteiger partial charge in [-0.1, -0.05) is 201 Å². The van der Waals surface area contributed by atoms with Gasteiger partial charge >= 0.3 is 0 Å². The van der Waals surface area contributed by atoms with Crippen LogP contribution in [0, 0.1) is 0 Å². The summed E-state index contributed by atoms with van der Waals surface area (Å²) in [6, 6.07) is 67.9. The summed E-state index contributed by atoms with van der Waals surface area (Å²) in [6.45, 7) is 0. The highest BCUT2D eigenvalue weighted by atomic mass is 15.0. The van der Waals surface area contributed by atoms with Crippen molar-refractivity contribution in [3.8, 4) is 68.3 Å². The van der Waals surface area contributed by atoms with Crippen LogP contribution in [0.3, 0.4) is 0 Å². The minimum atomic E-state index is -0.121. The Morgan fingerprint density at radius 1 is 0.258 bits per heavy atom. The molecular weight excluding hydrogens is 757 g/mol. The second-order valence-electron chi connectivity index (χ2n) is 16.3. The van der Waals surface area contributed by atoms with Crippen LogP contribution in [-0.2, 0) is 5.41 Å². The SMILES string of the molecule is c1ccc(-c2nc(-c3ccc(C4(c5ccc(-c6nc(-c7ccccc7)nc(-c7ccc8ccccc8c7)n6)cc5)CCCCC4)cc3)nc(-c3ccc4ccccc4c3)n2)cc1. The third kappa shape index (κ3) is 7.20. The third-order valence-electron chi connectivity index (χ3n) is 12.4. The minimum Gasteiger partial charge on any atom is -0.208 e. The van der Waals surface area contributed by atoms with Crippen molar-refractivity contribution < 1.29 is 0 Å². The maximum Gasteiger partial charge on any atom is 0.164 e. The molecule has 10 aromatic rings. The highest BCUT2D eigenvalue weighted by Crippen LogP contribution is 2.46. The van der Waals surface area contributed by atoms with E-state index in [-0.39, 0.29) is 5.41 Å². The molecule has 0 amide bonds. The van der Waals surface area contributed by atoms with Crippen LogP contribution in [0.5, 0.6) is 0 Å². The molecule has 0 unspecified atom stereocenters. The van der Waals surface area contributed by atoms with Gasteiger partial charge in [0, 0.05) is 38.8 Å². The lowest BCUT2D eigenvalue weighted by Gasteiger charge is -2.39. The van der Waals surface area contributed by atoms with E-state index in [1.807, 2.05) is 36.4 Å². The average molecular weight is 799 g/mol. The molecule has 8 aromatic carbocycles. The molecule has 1 aliphatic carbocycles. The molecule has 0 bridgehead atoms. The van der Waals surface area contributed by atoms with E-state index >= 15 is 0 Å². The van der Waals surface area contributed by atoms with Crippen LogP contribution in [0.1, 0.15) is 43.2 Å². The van der Waals surface area contributed by atoms with Gasteiger partial charge in [-0.2, -0.15) is 0 Å². The van der Waals surface area contributed by atoms with Crippen LogP contribution in [-0.4, -0.2) is 29.9 Å². The van der Waals surface area contributed by atoms with Gasteiger partial charge in [-0.25, -0.2) is 29.9 Å². The van der Waals surface area contributed by atoms with E-state index in [1.54, 1.807) is 0 Å². The summed E-state index contributed by atoms with van der Waals surface area (Å²) in [6.07, 6.45) is 5.76. The van der Waals surface area contributed by atoms with Crippen LogP contribution in [0.2, 0.25) is 0 Å². The molecule has 0 N–H and O–H groups in total. The zero-order chi connectivity index (χ0) is 41.3. The number of fused-ring (bicyclic) bond motifs is 2. The number of hydrogen-bond donors (Lipinski definition) is 0. The van der Waals surface area contributed by atoms with Gasteiger partial charge in [-0.3, -0.25) is 0 Å². The Morgan fingerprint density at radius 2 is 0.565 bits per heavy atom. The first-order chi connectivity index (χ1) is 30.6. The Hall–Kier alpha value is -7.70. The number of rotatable bonds is 8. The molecule has 11 rings (SSSR count). The van der Waals surface area contributed by atoms with Crippen molar-refractivity contribution in [2.45, 2.75) is 37.5 Å². The molecule has 2 aromatic heterocycles. The lowest BCUT2D eigenvalue weighted by atomic mass is 9.65. The van der Waals surface area contributed by atoms with Crippen molar-refractivity contribution in [3.63, 3.8) is 0 Å². The van der Waals surface area contributed by atoms with Gasteiger partial charge in [0.2, 0.25) is 0 Å². The van der Waals surface area contributed by atoms with E-state index in [1.165, 1.54) is 41.2 Å². The Kier molecular flexibility index (Phi) is 9.66. The fourth-order valence-electron chi connectivity index (χ4n) is 9.13. The highest BCUT2D eigenvalue weighted by molar-refractivity contribution is 5.88. The predicted molar refractivity (Wildman–Crippen MR) is 251 cm³/mol. The first kappa shape index (κ1) is 37.3. The summed E-state index contributed by atoms with van der Waals surface area (Å²) < 4.78 is 0. The Labute approximate surface area is 361 Å². The molecule has 0 atom stereocenters. The first-order valence-electron chi connectivity index (χ1n) is 21.5. The minimum absolute atomic E-state index is 0.121. The number of benzene rings is 8. The number of aromatic nitrogens is 6. The van der Waals surface area contributed by atoms with Crippen LogP contribution >= 0.6 is 0 Å². The summed E-state index contributed by atoms with van der Waals surface area (Å²) in [5.41, 5.74) is 8.26. The van der Waals surface area contributed by atoms with Crippen LogP contribution in [0.4, 0.5) is 0 Å². The van der Waals surface area contributed by atoms with Gasteiger partial charge < -0.3 is 0 Å². The maximum absolute atomic E-state index is 5.09. The zero-order valence-corrected chi connectivity index (χ0v) is 34.2. The second kappa shape index (κ2) is 16.1. The Bertz CT molecular complexity index is 2980. The quantitative estimate of drug-likeness (QED) is 0.152. The molecular formula is C56H42N6. The first-order valence-corrected chi connectivity index (χ1v) is 21.5. The smallest absolute Gasteiger partial charge is 0.164 e. The monoisotopic (exact) mass is 798 g/mol. The second-order valence-corrected chi connectivity index (χ2v) is 16.3. The Morgan fingerprint density at radius 3 is 0.952 bits per heavy atom. The van der Waals surface area contributed by atoms with Gasteiger partial charge in [0.15, 0.2) is 34.9 Å². The largest absolute Gasteiger partial charge is 0.208 e. The summed E-state index contributed by atoms with van der Waals surface area (Å²) >= 11 is 0. The zero-order valence-electron chi connectivity index (χ0n) is 34.2. The van der Waals surface area contributed by atoms with E-state index < -0.39 is 0 Å². The molecule has 0 radical (unpaired) electrons. The van der Waals surface area contributed by atoms with Gasteiger partial charge in [0.25, 0.3) is 0 Å². The Balaban J connectivity index is 0.949. The lowest BCUT2D eigenvalue weighted by Crippen LogP contribution is -2.30. The molecule has 0 saturated heterocycles. The summed E-state index contributed by atoms with van der Waals surface area (Å²) in [5, 5.41) is 4.67. The molecule has 1 aliphatic rings. The molecule has 6 heteroatoms. The molecule has 2 heterocycles. The van der Waals surface area contributed by atoms with Crippen molar-refractivity contribution >= 4 is 21.5 Å². The fraction of sp³-hybridized carbons (Fsp3) is 0.107. The van der Waals surface area contributed by atoms with Crippen molar-refractivity contribution in [1.29, 1.82) is 0 Å². The van der Waals surface area contributed by atoms with Gasteiger partial charge in [-0.15, -0.1) is 0 Å². The number of hydrogen-bond acceptors (Lipinski definition) is 6. The van der Waals surface area contributed by atoms with Crippen LogP contribution < -0.4 is 0 Å². The maximum atomic E-state index is 5.09.